The number of carbonyl (C=O) groups excluding carboxylic acids is 2. The Morgan fingerprint density at radius 2 is 1.96 bits per heavy atom. The molecule has 3 rings (SSSR count). The molecule has 1 atom stereocenters. The lowest BCUT2D eigenvalue weighted by molar-refractivity contribution is -0.128. The van der Waals surface area contributed by atoms with Crippen molar-refractivity contribution >= 4 is 23.4 Å². The van der Waals surface area contributed by atoms with Gasteiger partial charge in [-0.05, 0) is 55.8 Å². The molecule has 2 aromatic rings. The van der Waals surface area contributed by atoms with Crippen molar-refractivity contribution in [2.45, 2.75) is 31.8 Å². The number of benzene rings is 1. The van der Waals surface area contributed by atoms with Crippen LogP contribution in [0, 0.1) is 0 Å². The third-order valence-corrected chi connectivity index (χ3v) is 4.79. The van der Waals surface area contributed by atoms with Crippen LogP contribution in [0.2, 0.25) is 5.02 Å². The molecule has 3 N–H and O–H groups in total. The van der Waals surface area contributed by atoms with Gasteiger partial charge in [-0.15, -0.1) is 0 Å². The third kappa shape index (κ3) is 4.65. The van der Waals surface area contributed by atoms with E-state index in [0.29, 0.717) is 30.3 Å². The predicted octanol–water partition coefficient (Wildman–Crippen LogP) is 2.56. The highest BCUT2D eigenvalue weighted by molar-refractivity contribution is 6.30. The summed E-state index contributed by atoms with van der Waals surface area (Å²) in [6.45, 7) is 1.17. The van der Waals surface area contributed by atoms with Crippen molar-refractivity contribution in [2.24, 2.45) is 5.73 Å². The summed E-state index contributed by atoms with van der Waals surface area (Å²) in [5, 5.41) is 3.50. The number of piperidine rings is 1. The molecule has 0 unspecified atom stereocenters. The second kappa shape index (κ2) is 8.38. The fraction of sp³-hybridized carbons (Fsp3) is 0.368. The van der Waals surface area contributed by atoms with Gasteiger partial charge in [0.15, 0.2) is 0 Å². The minimum absolute atomic E-state index is 0.150. The molecular formula is C19H22ClN3O3. The van der Waals surface area contributed by atoms with Crippen molar-refractivity contribution in [2.75, 3.05) is 13.1 Å². The molecule has 2 amide bonds. The number of likely N-dealkylation sites (tertiary alicyclic amines) is 1. The Balaban J connectivity index is 1.53. The second-order valence-electron chi connectivity index (χ2n) is 6.43. The van der Waals surface area contributed by atoms with Crippen LogP contribution >= 0.6 is 11.6 Å². The summed E-state index contributed by atoms with van der Waals surface area (Å²) < 4.78 is 5.76. The average molecular weight is 376 g/mol. The van der Waals surface area contributed by atoms with Crippen LogP contribution in [0.5, 0.6) is 0 Å². The molecule has 1 aliphatic rings. The van der Waals surface area contributed by atoms with Gasteiger partial charge in [0.2, 0.25) is 11.8 Å². The summed E-state index contributed by atoms with van der Waals surface area (Å²) in [5.74, 6) is 0.864. The fourth-order valence-electron chi connectivity index (χ4n) is 3.17. The average Bonchev–Trinajstić information content (AvgIpc) is 3.10. The van der Waals surface area contributed by atoms with Gasteiger partial charge in [0.05, 0.1) is 19.1 Å². The summed E-state index contributed by atoms with van der Waals surface area (Å²) in [4.78, 5) is 25.6. The van der Waals surface area contributed by atoms with E-state index in [2.05, 4.69) is 5.32 Å². The molecule has 0 spiro atoms. The van der Waals surface area contributed by atoms with Gasteiger partial charge in [0, 0.05) is 10.6 Å². The maximum atomic E-state index is 12.2. The highest BCUT2D eigenvalue weighted by Gasteiger charge is 2.28. The Labute approximate surface area is 157 Å². The number of rotatable bonds is 6. The van der Waals surface area contributed by atoms with Crippen LogP contribution in [0.1, 0.15) is 25.0 Å². The SMILES string of the molecule is NC(=O)[C@@H]1CCCCN1CC(=O)NCc1ccc(-c2ccc(Cl)cc2)o1. The molecule has 6 nitrogen and oxygen atoms in total. The van der Waals surface area contributed by atoms with Crippen LogP contribution in [0.25, 0.3) is 11.3 Å². The summed E-state index contributed by atoms with van der Waals surface area (Å²) in [6, 6.07) is 10.7. The van der Waals surface area contributed by atoms with Crippen LogP contribution in [-0.2, 0) is 16.1 Å². The largest absolute Gasteiger partial charge is 0.459 e. The molecule has 0 aliphatic carbocycles. The van der Waals surface area contributed by atoms with E-state index in [1.807, 2.05) is 29.2 Å². The van der Waals surface area contributed by atoms with Gasteiger partial charge < -0.3 is 15.5 Å². The molecule has 7 heteroatoms. The third-order valence-electron chi connectivity index (χ3n) is 4.54. The molecule has 0 radical (unpaired) electrons. The normalized spacial score (nSPS) is 17.8. The number of nitrogens with one attached hydrogen (secondary N) is 1. The molecule has 0 saturated carbocycles. The molecule has 1 saturated heterocycles. The number of primary amides is 1. The van der Waals surface area contributed by atoms with E-state index in [4.69, 9.17) is 21.8 Å². The number of nitrogens with zero attached hydrogens (tertiary/aromatic N) is 1. The zero-order valence-corrected chi connectivity index (χ0v) is 15.2. The molecule has 2 heterocycles. The van der Waals surface area contributed by atoms with Gasteiger partial charge >= 0.3 is 0 Å². The van der Waals surface area contributed by atoms with E-state index in [1.54, 1.807) is 12.1 Å². The van der Waals surface area contributed by atoms with Gasteiger partial charge in [-0.3, -0.25) is 14.5 Å². The monoisotopic (exact) mass is 375 g/mol. The summed E-state index contributed by atoms with van der Waals surface area (Å²) in [7, 11) is 0. The number of nitrogens with two attached hydrogens (primary N) is 1. The van der Waals surface area contributed by atoms with Crippen LogP contribution in [-0.4, -0.2) is 35.8 Å². The first-order valence-electron chi connectivity index (χ1n) is 8.67. The van der Waals surface area contributed by atoms with Crippen molar-refractivity contribution in [3.8, 4) is 11.3 Å². The second-order valence-corrected chi connectivity index (χ2v) is 6.87. The Hall–Kier alpha value is -2.31. The van der Waals surface area contributed by atoms with Gasteiger partial charge in [-0.2, -0.15) is 0 Å². The van der Waals surface area contributed by atoms with Gasteiger partial charge in [-0.1, -0.05) is 18.0 Å². The predicted molar refractivity (Wildman–Crippen MR) is 99.4 cm³/mol. The highest BCUT2D eigenvalue weighted by atomic mass is 35.5. The van der Waals surface area contributed by atoms with E-state index < -0.39 is 0 Å². The lowest BCUT2D eigenvalue weighted by Crippen LogP contribution is -2.51. The highest BCUT2D eigenvalue weighted by Crippen LogP contribution is 2.23. The Bertz CT molecular complexity index is 773. The Morgan fingerprint density at radius 3 is 2.69 bits per heavy atom. The first-order chi connectivity index (χ1) is 12.5. The quantitative estimate of drug-likeness (QED) is 0.812. The van der Waals surface area contributed by atoms with E-state index in [1.165, 1.54) is 0 Å². The Kier molecular flexibility index (Phi) is 5.96. The van der Waals surface area contributed by atoms with Gasteiger partial charge in [-0.25, -0.2) is 0 Å². The van der Waals surface area contributed by atoms with Crippen molar-refractivity contribution < 1.29 is 14.0 Å². The number of carbonyl (C=O) groups is 2. The molecule has 1 aromatic carbocycles. The van der Waals surface area contributed by atoms with Crippen molar-refractivity contribution in [3.63, 3.8) is 0 Å². The number of halogens is 1. The van der Waals surface area contributed by atoms with E-state index in [9.17, 15) is 9.59 Å². The van der Waals surface area contributed by atoms with Crippen molar-refractivity contribution in [1.82, 2.24) is 10.2 Å². The van der Waals surface area contributed by atoms with E-state index >= 15 is 0 Å². The summed E-state index contributed by atoms with van der Waals surface area (Å²) in [6.07, 6.45) is 2.65. The molecule has 1 aromatic heterocycles. The molecule has 1 aliphatic heterocycles. The van der Waals surface area contributed by atoms with Crippen molar-refractivity contribution in [3.05, 3.63) is 47.2 Å². The van der Waals surface area contributed by atoms with Crippen LogP contribution in [0.3, 0.4) is 0 Å². The van der Waals surface area contributed by atoms with Crippen LogP contribution < -0.4 is 11.1 Å². The molecule has 26 heavy (non-hydrogen) atoms. The lowest BCUT2D eigenvalue weighted by Gasteiger charge is -2.32. The van der Waals surface area contributed by atoms with Crippen LogP contribution in [0.15, 0.2) is 40.8 Å². The summed E-state index contributed by atoms with van der Waals surface area (Å²) in [5.41, 5.74) is 6.35. The van der Waals surface area contributed by atoms with E-state index in [0.717, 1.165) is 24.2 Å². The first-order valence-corrected chi connectivity index (χ1v) is 9.05. The molecule has 138 valence electrons. The summed E-state index contributed by atoms with van der Waals surface area (Å²) >= 11 is 5.89. The zero-order chi connectivity index (χ0) is 18.5. The fourth-order valence-corrected chi connectivity index (χ4v) is 3.30. The number of hydrogen-bond acceptors (Lipinski definition) is 4. The number of hydrogen-bond donors (Lipinski definition) is 2. The maximum Gasteiger partial charge on any atom is 0.234 e. The number of furan rings is 1. The minimum Gasteiger partial charge on any atom is -0.459 e. The van der Waals surface area contributed by atoms with E-state index in [-0.39, 0.29) is 24.4 Å². The molecule has 1 fully saturated rings. The number of amides is 2. The first kappa shape index (κ1) is 18.5. The van der Waals surface area contributed by atoms with Gasteiger partial charge in [0.1, 0.15) is 11.5 Å². The zero-order valence-electron chi connectivity index (χ0n) is 14.4. The minimum atomic E-state index is -0.365. The molecular weight excluding hydrogens is 354 g/mol. The topological polar surface area (TPSA) is 88.6 Å². The maximum absolute atomic E-state index is 12.2. The molecule has 0 bridgehead atoms. The Morgan fingerprint density at radius 1 is 1.19 bits per heavy atom. The van der Waals surface area contributed by atoms with Crippen LogP contribution in [0.4, 0.5) is 0 Å². The van der Waals surface area contributed by atoms with Gasteiger partial charge in [0.25, 0.3) is 0 Å². The lowest BCUT2D eigenvalue weighted by atomic mass is 10.0. The standard InChI is InChI=1S/C19H22ClN3O3/c20-14-6-4-13(5-7-14)17-9-8-15(26-17)11-22-18(24)12-23-10-2-1-3-16(23)19(21)25/h4-9,16H,1-3,10-12H2,(H2,21,25)(H,22,24)/t16-/m0/s1. The van der Waals surface area contributed by atoms with Crippen molar-refractivity contribution in [1.29, 1.82) is 0 Å². The smallest absolute Gasteiger partial charge is 0.234 e.